The predicted molar refractivity (Wildman–Crippen MR) is 215 cm³/mol. The molecule has 56 heavy (non-hydrogen) atoms. The van der Waals surface area contributed by atoms with Crippen LogP contribution in [0.15, 0.2) is 164 Å². The molecule has 0 amide bonds. The largest absolute Gasteiger partial charge is 0.452 e. The first-order chi connectivity index (χ1) is 27.1. The Labute approximate surface area is 328 Å². The fraction of sp³-hybridized carbons (Fsp3) is 0.239. The molecule has 6 rings (SSSR count). The number of benzene rings is 5. The number of rotatable bonds is 14. The van der Waals surface area contributed by atoms with Crippen molar-refractivity contribution in [3.8, 4) is 0 Å². The molecule has 0 saturated carbocycles. The Balaban J connectivity index is 1.47. The van der Waals surface area contributed by atoms with E-state index < -0.39 is 62.0 Å². The van der Waals surface area contributed by atoms with E-state index in [1.165, 1.54) is 6.08 Å². The molecule has 1 aliphatic rings. The lowest BCUT2D eigenvalue weighted by Crippen LogP contribution is -2.69. The van der Waals surface area contributed by atoms with E-state index in [4.69, 9.17) is 28.1 Å². The monoisotopic (exact) mass is 770 g/mol. The predicted octanol–water partition coefficient (Wildman–Crippen LogP) is 7.17. The summed E-state index contributed by atoms with van der Waals surface area (Å²) in [4.78, 5) is 41.6. The van der Waals surface area contributed by atoms with E-state index >= 15 is 0 Å². The molecule has 1 aliphatic heterocycles. The van der Waals surface area contributed by atoms with E-state index in [-0.39, 0.29) is 29.9 Å². The fourth-order valence-corrected chi connectivity index (χ4v) is 11.5. The first-order valence-electron chi connectivity index (χ1n) is 18.5. The molecule has 5 atom stereocenters. The van der Waals surface area contributed by atoms with Gasteiger partial charge in [-0.1, -0.05) is 142 Å². The van der Waals surface area contributed by atoms with Gasteiger partial charge in [-0.2, -0.15) is 0 Å². The highest BCUT2D eigenvalue weighted by Gasteiger charge is 2.56. The summed E-state index contributed by atoms with van der Waals surface area (Å²) in [7, 11) is -3.18. The Morgan fingerprint density at radius 3 is 1.36 bits per heavy atom. The maximum Gasteiger partial charge on any atom is 0.338 e. The van der Waals surface area contributed by atoms with Gasteiger partial charge in [0.1, 0.15) is 6.10 Å². The molecule has 1 fully saturated rings. The SMILES string of the molecule is C=CCO[C@H]1O[C@H](CO[Si](c2ccccc2)(c2ccccc2)C(C)(C)C)[C@@H](OC(=O)c2ccccc2)[C@H](OC(=O)c2ccccc2)[C@@H]1OC(=O)c1ccccc1. The zero-order valence-corrected chi connectivity index (χ0v) is 32.7. The van der Waals surface area contributed by atoms with Crippen LogP contribution in [-0.2, 0) is 28.1 Å². The summed E-state index contributed by atoms with van der Waals surface area (Å²) in [5, 5.41) is 1.63. The molecule has 0 bridgehead atoms. The van der Waals surface area contributed by atoms with Crippen molar-refractivity contribution in [2.45, 2.75) is 56.5 Å². The van der Waals surface area contributed by atoms with Gasteiger partial charge in [-0.25, -0.2) is 14.4 Å². The first-order valence-corrected chi connectivity index (χ1v) is 20.4. The zero-order chi connectivity index (χ0) is 39.5. The Morgan fingerprint density at radius 1 is 0.589 bits per heavy atom. The third-order valence-electron chi connectivity index (χ3n) is 9.61. The molecular weight excluding hydrogens is 725 g/mol. The molecule has 5 aromatic rings. The summed E-state index contributed by atoms with van der Waals surface area (Å²) in [6.07, 6.45) is -5.01. The Bertz CT molecular complexity index is 2000. The van der Waals surface area contributed by atoms with Crippen LogP contribution in [0.2, 0.25) is 5.04 Å². The molecule has 9 nitrogen and oxygen atoms in total. The van der Waals surface area contributed by atoms with E-state index in [2.05, 4.69) is 51.6 Å². The smallest absolute Gasteiger partial charge is 0.338 e. The van der Waals surface area contributed by atoms with Gasteiger partial charge in [0, 0.05) is 0 Å². The summed E-state index contributed by atoms with van der Waals surface area (Å²) in [5.74, 6) is -2.15. The third-order valence-corrected chi connectivity index (χ3v) is 14.6. The van der Waals surface area contributed by atoms with Crippen LogP contribution < -0.4 is 10.4 Å². The zero-order valence-electron chi connectivity index (χ0n) is 31.7. The minimum absolute atomic E-state index is 0.000161. The second-order valence-electron chi connectivity index (χ2n) is 14.3. The van der Waals surface area contributed by atoms with E-state index in [0.29, 0.717) is 0 Å². The topological polar surface area (TPSA) is 107 Å². The van der Waals surface area contributed by atoms with Crippen molar-refractivity contribution in [2.24, 2.45) is 0 Å². The first kappa shape index (κ1) is 40.0. The van der Waals surface area contributed by atoms with Crippen LogP contribution in [0.3, 0.4) is 0 Å². The molecule has 0 radical (unpaired) electrons. The molecule has 0 unspecified atom stereocenters. The minimum Gasteiger partial charge on any atom is -0.452 e. The standard InChI is InChI=1S/C46H46O9Si/c1-5-31-50-45-41(55-44(49)35-25-15-8-16-26-35)40(54-43(48)34-23-13-7-14-24-34)39(53-42(47)33-21-11-6-12-22-33)38(52-45)32-51-56(46(2,3)4,36-27-17-9-18-28-36)37-29-19-10-20-30-37/h5-30,38-41,45H,1,31-32H2,2-4H3/t38-,39-,40+,41+,45+/m1/s1. The number of hydrogen-bond donors (Lipinski definition) is 0. The van der Waals surface area contributed by atoms with Crippen LogP contribution in [-0.4, -0.2) is 70.1 Å². The van der Waals surface area contributed by atoms with Crippen molar-refractivity contribution >= 4 is 36.6 Å². The van der Waals surface area contributed by atoms with Crippen molar-refractivity contribution in [3.05, 3.63) is 181 Å². The van der Waals surface area contributed by atoms with Gasteiger partial charge in [-0.05, 0) is 51.8 Å². The van der Waals surface area contributed by atoms with Crippen molar-refractivity contribution in [3.63, 3.8) is 0 Å². The van der Waals surface area contributed by atoms with Crippen LogP contribution in [0.1, 0.15) is 51.8 Å². The molecule has 0 aliphatic carbocycles. The number of esters is 3. The van der Waals surface area contributed by atoms with Gasteiger partial charge < -0.3 is 28.1 Å². The normalized spacial score (nSPS) is 19.7. The quantitative estimate of drug-likeness (QED) is 0.0503. The van der Waals surface area contributed by atoms with E-state index in [1.807, 2.05) is 36.4 Å². The molecule has 288 valence electrons. The number of carbonyl (C=O) groups excluding carboxylic acids is 3. The summed E-state index contributed by atoms with van der Waals surface area (Å²) >= 11 is 0. The molecule has 0 spiro atoms. The Hall–Kier alpha value is -5.65. The highest BCUT2D eigenvalue weighted by atomic mass is 28.4. The van der Waals surface area contributed by atoms with Crippen molar-refractivity contribution in [2.75, 3.05) is 13.2 Å². The van der Waals surface area contributed by atoms with Crippen molar-refractivity contribution in [1.29, 1.82) is 0 Å². The van der Waals surface area contributed by atoms with Crippen LogP contribution in [0, 0.1) is 0 Å². The van der Waals surface area contributed by atoms with Crippen LogP contribution in [0.5, 0.6) is 0 Å². The summed E-state index contributed by atoms with van der Waals surface area (Å²) in [5.41, 5.74) is 0.747. The van der Waals surface area contributed by atoms with E-state index in [0.717, 1.165) is 10.4 Å². The molecule has 1 heterocycles. The molecule has 1 saturated heterocycles. The summed E-state index contributed by atoms with van der Waals surface area (Å²) in [6.45, 7) is 10.1. The number of carbonyl (C=O) groups is 3. The molecule has 10 heteroatoms. The summed E-state index contributed by atoms with van der Waals surface area (Å²) in [6, 6.07) is 45.4. The van der Waals surface area contributed by atoms with Gasteiger partial charge in [0.15, 0.2) is 24.6 Å². The molecule has 0 aromatic heterocycles. The second kappa shape index (κ2) is 18.3. The maximum atomic E-state index is 14.0. The Morgan fingerprint density at radius 2 is 0.964 bits per heavy atom. The molecular formula is C46H46O9Si. The lowest BCUT2D eigenvalue weighted by molar-refractivity contribution is -0.295. The van der Waals surface area contributed by atoms with Crippen LogP contribution >= 0.6 is 0 Å². The number of hydrogen-bond acceptors (Lipinski definition) is 9. The van der Waals surface area contributed by atoms with Gasteiger partial charge in [-0.15, -0.1) is 6.58 Å². The second-order valence-corrected chi connectivity index (χ2v) is 18.7. The average molecular weight is 771 g/mol. The molecule has 5 aromatic carbocycles. The fourth-order valence-electron chi connectivity index (χ4n) is 6.98. The Kier molecular flexibility index (Phi) is 13.1. The highest BCUT2D eigenvalue weighted by molar-refractivity contribution is 6.99. The van der Waals surface area contributed by atoms with Gasteiger partial charge in [0.05, 0.1) is 29.9 Å². The highest BCUT2D eigenvalue weighted by Crippen LogP contribution is 2.38. The van der Waals surface area contributed by atoms with Gasteiger partial charge in [-0.3, -0.25) is 0 Å². The van der Waals surface area contributed by atoms with E-state index in [9.17, 15) is 14.4 Å². The minimum atomic E-state index is -3.18. The lowest BCUT2D eigenvalue weighted by atomic mass is 9.97. The number of ether oxygens (including phenoxy) is 5. The lowest BCUT2D eigenvalue weighted by Gasteiger charge is -2.47. The van der Waals surface area contributed by atoms with Gasteiger partial charge in [0.2, 0.25) is 0 Å². The van der Waals surface area contributed by atoms with Crippen molar-refractivity contribution in [1.82, 2.24) is 0 Å². The van der Waals surface area contributed by atoms with Crippen molar-refractivity contribution < 1.29 is 42.5 Å². The van der Waals surface area contributed by atoms with Crippen LogP contribution in [0.25, 0.3) is 0 Å². The van der Waals surface area contributed by atoms with Gasteiger partial charge >= 0.3 is 17.9 Å². The average Bonchev–Trinajstić information content (AvgIpc) is 3.23. The maximum absolute atomic E-state index is 14.0. The summed E-state index contributed by atoms with van der Waals surface area (Å²) < 4.78 is 38.8. The van der Waals surface area contributed by atoms with E-state index in [1.54, 1.807) is 91.0 Å². The molecule has 0 N–H and O–H groups in total. The van der Waals surface area contributed by atoms with Crippen LogP contribution in [0.4, 0.5) is 0 Å². The third kappa shape index (κ3) is 9.06. The van der Waals surface area contributed by atoms with Gasteiger partial charge in [0.25, 0.3) is 8.32 Å².